The lowest BCUT2D eigenvalue weighted by Crippen LogP contribution is -2.34. The molecule has 2 N–H and O–H groups in total. The fourth-order valence-electron chi connectivity index (χ4n) is 2.59. The molecular formula is C18H24N4O2+2. The number of rotatable bonds is 9. The van der Waals surface area contributed by atoms with Crippen molar-refractivity contribution in [3.05, 3.63) is 60.2 Å². The van der Waals surface area contributed by atoms with Gasteiger partial charge in [-0.2, -0.15) is 0 Å². The van der Waals surface area contributed by atoms with Crippen LogP contribution in [0.15, 0.2) is 59.4 Å². The van der Waals surface area contributed by atoms with Crippen LogP contribution in [-0.4, -0.2) is 22.8 Å². The zero-order chi connectivity index (χ0) is 17.0. The van der Waals surface area contributed by atoms with Gasteiger partial charge in [-0.25, -0.2) is 9.13 Å². The molecule has 6 heteroatoms. The van der Waals surface area contributed by atoms with Crippen LogP contribution in [0.3, 0.4) is 0 Å². The molecule has 0 spiro atoms. The number of nitrogens with zero attached hydrogens (tertiary/aromatic N) is 4. The lowest BCUT2D eigenvalue weighted by molar-refractivity contribution is -0.698. The fraction of sp³-hybridized carbons (Fsp3) is 0.333. The molecule has 2 aromatic rings. The molecule has 0 aliphatic carbocycles. The van der Waals surface area contributed by atoms with Crippen LogP contribution in [0, 0.1) is 0 Å². The van der Waals surface area contributed by atoms with Crippen molar-refractivity contribution in [3.8, 4) is 0 Å². The summed E-state index contributed by atoms with van der Waals surface area (Å²) < 4.78 is 4.23. The smallest absolute Gasteiger partial charge is 0.177 e. The van der Waals surface area contributed by atoms with Crippen LogP contribution in [-0.2, 0) is 13.1 Å². The lowest BCUT2D eigenvalue weighted by atomic mass is 10.2. The van der Waals surface area contributed by atoms with E-state index in [1.807, 2.05) is 49.1 Å². The number of pyridine rings is 2. The quantitative estimate of drug-likeness (QED) is 0.243. The molecule has 0 amide bonds. The van der Waals surface area contributed by atoms with Crippen molar-refractivity contribution in [3.63, 3.8) is 0 Å². The summed E-state index contributed by atoms with van der Waals surface area (Å²) in [6.45, 7) is 1.92. The van der Waals surface area contributed by atoms with Gasteiger partial charge >= 0.3 is 0 Å². The predicted octanol–water partition coefficient (Wildman–Crippen LogP) is 2.14. The molecule has 0 unspecified atom stereocenters. The van der Waals surface area contributed by atoms with Gasteiger partial charge in [0.1, 0.15) is 13.1 Å². The van der Waals surface area contributed by atoms with E-state index in [4.69, 9.17) is 10.4 Å². The van der Waals surface area contributed by atoms with Gasteiger partial charge in [-0.3, -0.25) is 0 Å². The predicted molar refractivity (Wildman–Crippen MR) is 90.5 cm³/mol. The zero-order valence-corrected chi connectivity index (χ0v) is 13.7. The van der Waals surface area contributed by atoms with Gasteiger partial charge in [0.25, 0.3) is 0 Å². The van der Waals surface area contributed by atoms with E-state index >= 15 is 0 Å². The lowest BCUT2D eigenvalue weighted by Gasteiger charge is -2.00. The minimum absolute atomic E-state index is 0.891. The number of hydrogen-bond donors (Lipinski definition) is 2. The molecule has 0 saturated carbocycles. The Morgan fingerprint density at radius 1 is 0.750 bits per heavy atom. The molecule has 0 aliphatic heterocycles. The summed E-state index contributed by atoms with van der Waals surface area (Å²) >= 11 is 0. The third-order valence-electron chi connectivity index (χ3n) is 3.76. The number of oxime groups is 2. The minimum atomic E-state index is 0.891. The Hall–Kier alpha value is -2.76. The van der Waals surface area contributed by atoms with Crippen molar-refractivity contribution in [1.82, 2.24) is 0 Å². The van der Waals surface area contributed by atoms with Gasteiger partial charge in [0.15, 0.2) is 24.8 Å². The normalized spacial score (nSPS) is 11.5. The van der Waals surface area contributed by atoms with E-state index in [0.717, 1.165) is 37.1 Å². The highest BCUT2D eigenvalue weighted by atomic mass is 16.4. The summed E-state index contributed by atoms with van der Waals surface area (Å²) in [6.07, 6.45) is 15.4. The van der Waals surface area contributed by atoms with Crippen molar-refractivity contribution in [2.24, 2.45) is 10.3 Å². The summed E-state index contributed by atoms with van der Waals surface area (Å²) in [5.41, 5.74) is 1.78. The van der Waals surface area contributed by atoms with Crippen LogP contribution >= 0.6 is 0 Å². The monoisotopic (exact) mass is 328 g/mol. The van der Waals surface area contributed by atoms with Gasteiger partial charge in [-0.1, -0.05) is 10.3 Å². The first-order chi connectivity index (χ1) is 11.8. The van der Waals surface area contributed by atoms with Gasteiger partial charge in [-0.15, -0.1) is 0 Å². The van der Waals surface area contributed by atoms with Crippen molar-refractivity contribution in [2.75, 3.05) is 0 Å². The highest BCUT2D eigenvalue weighted by Gasteiger charge is 2.04. The molecule has 2 rings (SSSR count). The van der Waals surface area contributed by atoms with E-state index in [-0.39, 0.29) is 0 Å². The third kappa shape index (κ3) is 6.16. The largest absolute Gasteiger partial charge is 0.411 e. The van der Waals surface area contributed by atoms with Gasteiger partial charge in [-0.05, 0) is 25.0 Å². The van der Waals surface area contributed by atoms with Crippen molar-refractivity contribution in [2.45, 2.75) is 38.8 Å². The highest BCUT2D eigenvalue weighted by molar-refractivity contribution is 5.78. The molecule has 0 radical (unpaired) electrons. The van der Waals surface area contributed by atoms with E-state index < -0.39 is 0 Å². The SMILES string of the molecule is O/N=C/c1ccc[n+](CCCCCC[n+]2cccc(/C=N/O)c2)c1. The molecular weight excluding hydrogens is 304 g/mol. The minimum Gasteiger partial charge on any atom is -0.411 e. The number of aromatic nitrogens is 2. The van der Waals surface area contributed by atoms with Gasteiger partial charge in [0.05, 0.1) is 23.6 Å². The van der Waals surface area contributed by atoms with E-state index in [1.54, 1.807) is 0 Å². The number of unbranched alkanes of at least 4 members (excludes halogenated alkanes) is 3. The maximum Gasteiger partial charge on any atom is 0.177 e. The van der Waals surface area contributed by atoms with Crippen molar-refractivity contribution in [1.29, 1.82) is 0 Å². The number of aryl methyl sites for hydroxylation is 2. The second-order valence-corrected chi connectivity index (χ2v) is 5.65. The standard InChI is InChI=1S/C18H22N4O2/c23-19-13-17-7-5-11-21(15-17)9-3-1-2-4-10-22-12-6-8-18(16-22)14-20-24/h5-8,11-16H,1-4,9-10H2/p+2/b19-13+,20-14+. The molecule has 0 bridgehead atoms. The van der Waals surface area contributed by atoms with Crippen LogP contribution < -0.4 is 9.13 Å². The summed E-state index contributed by atoms with van der Waals surface area (Å²) in [5.74, 6) is 0. The topological polar surface area (TPSA) is 72.9 Å². The molecule has 2 heterocycles. The molecule has 0 aliphatic rings. The van der Waals surface area contributed by atoms with E-state index in [2.05, 4.69) is 19.4 Å². The van der Waals surface area contributed by atoms with E-state index in [0.29, 0.717) is 0 Å². The first-order valence-electron chi connectivity index (χ1n) is 8.15. The molecule has 0 aromatic carbocycles. The van der Waals surface area contributed by atoms with Crippen LogP contribution in [0.5, 0.6) is 0 Å². The Labute approximate surface area is 142 Å². The number of hydrogen-bond acceptors (Lipinski definition) is 4. The average Bonchev–Trinajstić information content (AvgIpc) is 2.59. The fourth-order valence-corrected chi connectivity index (χ4v) is 2.59. The maximum atomic E-state index is 8.56. The van der Waals surface area contributed by atoms with Crippen LogP contribution in [0.4, 0.5) is 0 Å². The second-order valence-electron chi connectivity index (χ2n) is 5.65. The third-order valence-corrected chi connectivity index (χ3v) is 3.76. The molecule has 0 atom stereocenters. The van der Waals surface area contributed by atoms with E-state index in [9.17, 15) is 0 Å². The van der Waals surface area contributed by atoms with Crippen molar-refractivity contribution < 1.29 is 19.5 Å². The van der Waals surface area contributed by atoms with E-state index in [1.165, 1.54) is 25.3 Å². The Morgan fingerprint density at radius 3 is 1.62 bits per heavy atom. The Bertz CT molecular complexity index is 627. The van der Waals surface area contributed by atoms with Gasteiger partial charge in [0.2, 0.25) is 0 Å². The molecule has 126 valence electrons. The second kappa shape index (κ2) is 10.1. The van der Waals surface area contributed by atoms with Crippen LogP contribution in [0.2, 0.25) is 0 Å². The van der Waals surface area contributed by atoms with Crippen LogP contribution in [0.25, 0.3) is 0 Å². The summed E-state index contributed by atoms with van der Waals surface area (Å²) in [4.78, 5) is 0. The molecule has 0 fully saturated rings. The molecule has 2 aromatic heterocycles. The van der Waals surface area contributed by atoms with Gasteiger partial charge < -0.3 is 10.4 Å². The summed E-state index contributed by atoms with van der Waals surface area (Å²) in [5, 5.41) is 23.2. The van der Waals surface area contributed by atoms with Crippen molar-refractivity contribution >= 4 is 12.4 Å². The van der Waals surface area contributed by atoms with Gasteiger partial charge in [0, 0.05) is 25.0 Å². The van der Waals surface area contributed by atoms with Crippen LogP contribution in [0.1, 0.15) is 36.8 Å². The Balaban J connectivity index is 1.66. The summed E-state index contributed by atoms with van der Waals surface area (Å²) in [6, 6.07) is 7.72. The first-order valence-corrected chi connectivity index (χ1v) is 8.15. The molecule has 6 nitrogen and oxygen atoms in total. The Kier molecular flexibility index (Phi) is 7.40. The average molecular weight is 328 g/mol. The summed E-state index contributed by atoms with van der Waals surface area (Å²) in [7, 11) is 0. The maximum absolute atomic E-state index is 8.56. The molecule has 24 heavy (non-hydrogen) atoms. The zero-order valence-electron chi connectivity index (χ0n) is 13.7. The Morgan fingerprint density at radius 2 is 1.21 bits per heavy atom. The highest BCUT2D eigenvalue weighted by Crippen LogP contribution is 2.01. The molecule has 0 saturated heterocycles. The first kappa shape index (κ1) is 17.6.